The zero-order chi connectivity index (χ0) is 17.9. The summed E-state index contributed by atoms with van der Waals surface area (Å²) in [5.74, 6) is 1.08. The molecular weight excluding hydrogens is 334 g/mol. The summed E-state index contributed by atoms with van der Waals surface area (Å²) >= 11 is 0. The molecule has 0 unspecified atom stereocenters. The molecule has 3 aromatic carbocycles. The van der Waals surface area contributed by atoms with Gasteiger partial charge in [-0.2, -0.15) is 0 Å². The third-order valence-electron chi connectivity index (χ3n) is 3.89. The standard InChI is InChI=1S/C20H19NO3S/c1-15-12-13-18(14-16(15)2)25(22,23)21-19-10-6-7-11-20(19)24-17-8-4-3-5-9-17/h3-14,21H,1-2H3. The van der Waals surface area contributed by atoms with Crippen LogP contribution >= 0.6 is 0 Å². The number of aryl methyl sites for hydroxylation is 2. The van der Waals surface area contributed by atoms with Gasteiger partial charge in [0.25, 0.3) is 10.0 Å². The van der Waals surface area contributed by atoms with Crippen LogP contribution in [0.4, 0.5) is 5.69 Å². The van der Waals surface area contributed by atoms with Crippen LogP contribution in [0.15, 0.2) is 77.7 Å². The van der Waals surface area contributed by atoms with Gasteiger partial charge in [-0.3, -0.25) is 4.72 Å². The van der Waals surface area contributed by atoms with Crippen molar-refractivity contribution in [2.24, 2.45) is 0 Å². The highest BCUT2D eigenvalue weighted by atomic mass is 32.2. The van der Waals surface area contributed by atoms with Crippen LogP contribution in [0.2, 0.25) is 0 Å². The van der Waals surface area contributed by atoms with E-state index in [1.807, 2.05) is 44.2 Å². The van der Waals surface area contributed by atoms with Crippen molar-refractivity contribution in [1.82, 2.24) is 0 Å². The summed E-state index contributed by atoms with van der Waals surface area (Å²) in [6.45, 7) is 3.84. The van der Waals surface area contributed by atoms with E-state index in [4.69, 9.17) is 4.74 Å². The largest absolute Gasteiger partial charge is 0.455 e. The maximum atomic E-state index is 12.7. The first-order chi connectivity index (χ1) is 12.0. The summed E-state index contributed by atoms with van der Waals surface area (Å²) in [4.78, 5) is 0.227. The molecule has 0 aliphatic heterocycles. The predicted molar refractivity (Wildman–Crippen MR) is 99.7 cm³/mol. The summed E-state index contributed by atoms with van der Waals surface area (Å²) < 4.78 is 33.8. The van der Waals surface area contributed by atoms with E-state index < -0.39 is 10.0 Å². The summed E-state index contributed by atoms with van der Waals surface area (Å²) in [7, 11) is -3.70. The summed E-state index contributed by atoms with van der Waals surface area (Å²) in [6.07, 6.45) is 0. The molecule has 25 heavy (non-hydrogen) atoms. The van der Waals surface area contributed by atoms with Gasteiger partial charge in [0.1, 0.15) is 5.75 Å². The Morgan fingerprint density at radius 2 is 1.48 bits per heavy atom. The van der Waals surface area contributed by atoms with Crippen LogP contribution in [-0.4, -0.2) is 8.42 Å². The number of nitrogens with one attached hydrogen (secondary N) is 1. The molecule has 0 saturated heterocycles. The lowest BCUT2D eigenvalue weighted by atomic mass is 10.1. The third-order valence-corrected chi connectivity index (χ3v) is 5.25. The van der Waals surface area contributed by atoms with Crippen molar-refractivity contribution in [2.45, 2.75) is 18.7 Å². The zero-order valence-corrected chi connectivity index (χ0v) is 14.9. The molecule has 1 N–H and O–H groups in total. The lowest BCUT2D eigenvalue weighted by Crippen LogP contribution is -2.13. The maximum Gasteiger partial charge on any atom is 0.262 e. The Morgan fingerprint density at radius 3 is 2.20 bits per heavy atom. The minimum absolute atomic E-state index is 0.227. The minimum atomic E-state index is -3.70. The SMILES string of the molecule is Cc1ccc(S(=O)(=O)Nc2ccccc2Oc2ccccc2)cc1C. The van der Waals surface area contributed by atoms with E-state index in [1.165, 1.54) is 0 Å². The van der Waals surface area contributed by atoms with Crippen LogP contribution in [0.3, 0.4) is 0 Å². The molecule has 0 aliphatic rings. The van der Waals surface area contributed by atoms with Gasteiger partial charge in [0.05, 0.1) is 10.6 Å². The number of anilines is 1. The lowest BCUT2D eigenvalue weighted by Gasteiger charge is -2.14. The Kier molecular flexibility index (Phi) is 4.76. The van der Waals surface area contributed by atoms with Crippen molar-refractivity contribution in [2.75, 3.05) is 4.72 Å². The fraction of sp³-hybridized carbons (Fsp3) is 0.100. The number of benzene rings is 3. The molecule has 0 aliphatic carbocycles. The molecule has 3 aromatic rings. The number of sulfonamides is 1. The van der Waals surface area contributed by atoms with Crippen LogP contribution in [0.25, 0.3) is 0 Å². The van der Waals surface area contributed by atoms with Gasteiger partial charge >= 0.3 is 0 Å². The smallest absolute Gasteiger partial charge is 0.262 e. The molecule has 0 aromatic heterocycles. The average molecular weight is 353 g/mol. The Hall–Kier alpha value is -2.79. The molecule has 0 atom stereocenters. The highest BCUT2D eigenvalue weighted by molar-refractivity contribution is 7.92. The first kappa shape index (κ1) is 17.0. The lowest BCUT2D eigenvalue weighted by molar-refractivity contribution is 0.485. The number of hydrogen-bond donors (Lipinski definition) is 1. The molecular formula is C20H19NO3S. The van der Waals surface area contributed by atoms with Gasteiger partial charge < -0.3 is 4.74 Å². The number of para-hydroxylation sites is 3. The molecule has 0 spiro atoms. The highest BCUT2D eigenvalue weighted by Crippen LogP contribution is 2.31. The Labute approximate surface area is 148 Å². The molecule has 0 radical (unpaired) electrons. The maximum absolute atomic E-state index is 12.7. The Balaban J connectivity index is 1.91. The predicted octanol–water partition coefficient (Wildman–Crippen LogP) is 4.90. The molecule has 0 heterocycles. The van der Waals surface area contributed by atoms with Crippen LogP contribution in [0.1, 0.15) is 11.1 Å². The quantitative estimate of drug-likeness (QED) is 0.710. The van der Waals surface area contributed by atoms with Crippen molar-refractivity contribution >= 4 is 15.7 Å². The summed E-state index contributed by atoms with van der Waals surface area (Å²) in [5, 5.41) is 0. The monoisotopic (exact) mass is 353 g/mol. The number of ether oxygens (including phenoxy) is 1. The number of rotatable bonds is 5. The van der Waals surface area contributed by atoms with E-state index in [0.29, 0.717) is 17.2 Å². The van der Waals surface area contributed by atoms with E-state index in [1.54, 1.807) is 42.5 Å². The van der Waals surface area contributed by atoms with Gasteiger partial charge in [0.15, 0.2) is 5.75 Å². The second-order valence-corrected chi connectivity index (χ2v) is 7.45. The Morgan fingerprint density at radius 1 is 0.800 bits per heavy atom. The van der Waals surface area contributed by atoms with Gasteiger partial charge in [0.2, 0.25) is 0 Å². The molecule has 4 nitrogen and oxygen atoms in total. The van der Waals surface area contributed by atoms with Crippen molar-refractivity contribution in [3.8, 4) is 11.5 Å². The molecule has 5 heteroatoms. The molecule has 0 bridgehead atoms. The van der Waals surface area contributed by atoms with Crippen LogP contribution in [0.5, 0.6) is 11.5 Å². The second-order valence-electron chi connectivity index (χ2n) is 5.76. The summed E-state index contributed by atoms with van der Waals surface area (Å²) in [5.41, 5.74) is 2.37. The van der Waals surface area contributed by atoms with E-state index in [9.17, 15) is 8.42 Å². The third kappa shape index (κ3) is 4.00. The van der Waals surface area contributed by atoms with E-state index in [2.05, 4.69) is 4.72 Å². The number of hydrogen-bond acceptors (Lipinski definition) is 3. The fourth-order valence-corrected chi connectivity index (χ4v) is 3.50. The summed E-state index contributed by atoms with van der Waals surface area (Å²) in [6, 6.07) is 21.3. The first-order valence-corrected chi connectivity index (χ1v) is 9.36. The molecule has 128 valence electrons. The van der Waals surface area contributed by atoms with Crippen molar-refractivity contribution < 1.29 is 13.2 Å². The van der Waals surface area contributed by atoms with Crippen LogP contribution in [-0.2, 0) is 10.0 Å². The Bertz CT molecular complexity index is 983. The second kappa shape index (κ2) is 6.99. The minimum Gasteiger partial charge on any atom is -0.455 e. The topological polar surface area (TPSA) is 55.4 Å². The average Bonchev–Trinajstić information content (AvgIpc) is 2.60. The normalized spacial score (nSPS) is 11.1. The van der Waals surface area contributed by atoms with Gasteiger partial charge in [0, 0.05) is 0 Å². The van der Waals surface area contributed by atoms with Gasteiger partial charge in [-0.25, -0.2) is 8.42 Å². The van der Waals surface area contributed by atoms with E-state index in [0.717, 1.165) is 11.1 Å². The van der Waals surface area contributed by atoms with E-state index >= 15 is 0 Å². The van der Waals surface area contributed by atoms with Gasteiger partial charge in [-0.15, -0.1) is 0 Å². The molecule has 0 fully saturated rings. The molecule has 0 amide bonds. The first-order valence-electron chi connectivity index (χ1n) is 7.88. The van der Waals surface area contributed by atoms with Gasteiger partial charge in [-0.1, -0.05) is 36.4 Å². The molecule has 3 rings (SSSR count). The van der Waals surface area contributed by atoms with Crippen molar-refractivity contribution in [3.05, 3.63) is 83.9 Å². The zero-order valence-electron chi connectivity index (χ0n) is 14.1. The molecule has 0 saturated carbocycles. The van der Waals surface area contributed by atoms with Crippen molar-refractivity contribution in [3.63, 3.8) is 0 Å². The van der Waals surface area contributed by atoms with Gasteiger partial charge in [-0.05, 0) is 61.4 Å². The fourth-order valence-electron chi connectivity index (χ4n) is 2.34. The van der Waals surface area contributed by atoms with Crippen molar-refractivity contribution in [1.29, 1.82) is 0 Å². The van der Waals surface area contributed by atoms with Crippen LogP contribution in [0, 0.1) is 13.8 Å². The van der Waals surface area contributed by atoms with E-state index in [-0.39, 0.29) is 4.90 Å². The highest BCUT2D eigenvalue weighted by Gasteiger charge is 2.17. The van der Waals surface area contributed by atoms with Crippen LogP contribution < -0.4 is 9.46 Å².